The minimum Gasteiger partial charge on any atom is -0.396 e. The van der Waals surface area contributed by atoms with Gasteiger partial charge in [0.2, 0.25) is 0 Å². The first-order chi connectivity index (χ1) is 5.38. The van der Waals surface area contributed by atoms with Crippen LogP contribution in [0.2, 0.25) is 0 Å². The third-order valence-corrected chi connectivity index (χ3v) is 2.25. The van der Waals surface area contributed by atoms with Crippen molar-refractivity contribution in [2.75, 3.05) is 6.61 Å². The zero-order valence-electron chi connectivity index (χ0n) is 8.67. The number of hydrogen-bond donors (Lipinski definition) is 2. The topological polar surface area (TPSA) is 40.5 Å². The van der Waals surface area contributed by atoms with E-state index in [1.165, 1.54) is 0 Å². The molecule has 0 saturated carbocycles. The smallest absolute Gasteiger partial charge is 0.0591 e. The first-order valence-electron chi connectivity index (χ1n) is 4.67. The molecule has 0 aromatic heterocycles. The second-order valence-corrected chi connectivity index (χ2v) is 4.73. The summed E-state index contributed by atoms with van der Waals surface area (Å²) in [5, 5.41) is 18.4. The minimum atomic E-state index is -0.265. The van der Waals surface area contributed by atoms with Crippen molar-refractivity contribution in [3.05, 3.63) is 0 Å². The molecular weight excluding hydrogens is 152 g/mol. The molecule has 2 heteroatoms. The molecular formula is C10H22O2. The molecule has 2 unspecified atom stereocenters. The lowest BCUT2D eigenvalue weighted by Gasteiger charge is -2.27. The average Bonchev–Trinajstić information content (AvgIpc) is 1.85. The lowest BCUT2D eigenvalue weighted by molar-refractivity contribution is 0.0400. The van der Waals surface area contributed by atoms with Crippen LogP contribution < -0.4 is 0 Å². The lowest BCUT2D eigenvalue weighted by Crippen LogP contribution is -2.28. The third-order valence-electron chi connectivity index (χ3n) is 2.25. The van der Waals surface area contributed by atoms with E-state index in [4.69, 9.17) is 5.11 Å². The summed E-state index contributed by atoms with van der Waals surface area (Å²) in [5.41, 5.74) is -0.0380. The van der Waals surface area contributed by atoms with Crippen molar-refractivity contribution >= 4 is 0 Å². The van der Waals surface area contributed by atoms with E-state index in [2.05, 4.69) is 6.92 Å². The molecule has 0 aromatic rings. The molecule has 0 aliphatic rings. The van der Waals surface area contributed by atoms with Crippen molar-refractivity contribution in [3.63, 3.8) is 0 Å². The predicted octanol–water partition coefficient (Wildman–Crippen LogP) is 1.80. The molecule has 0 bridgehead atoms. The highest BCUT2D eigenvalue weighted by molar-refractivity contribution is 4.74. The van der Waals surface area contributed by atoms with Gasteiger partial charge >= 0.3 is 0 Å². The molecule has 2 nitrogen and oxygen atoms in total. The lowest BCUT2D eigenvalue weighted by atomic mass is 9.83. The van der Waals surface area contributed by atoms with Crippen LogP contribution in [0.5, 0.6) is 0 Å². The maximum absolute atomic E-state index is 9.70. The summed E-state index contributed by atoms with van der Waals surface area (Å²) in [6.07, 6.45) is 1.30. The van der Waals surface area contributed by atoms with Crippen molar-refractivity contribution in [3.8, 4) is 0 Å². The van der Waals surface area contributed by atoms with Gasteiger partial charge in [-0.1, -0.05) is 27.7 Å². The zero-order chi connectivity index (χ0) is 9.78. The van der Waals surface area contributed by atoms with Crippen molar-refractivity contribution in [2.24, 2.45) is 11.3 Å². The molecule has 74 valence electrons. The molecule has 0 aromatic carbocycles. The van der Waals surface area contributed by atoms with Crippen LogP contribution >= 0.6 is 0 Å². The van der Waals surface area contributed by atoms with Gasteiger partial charge in [-0.05, 0) is 24.2 Å². The van der Waals surface area contributed by atoms with Gasteiger partial charge in [0.1, 0.15) is 0 Å². The fourth-order valence-corrected chi connectivity index (χ4v) is 1.07. The van der Waals surface area contributed by atoms with E-state index in [1.807, 2.05) is 20.8 Å². The van der Waals surface area contributed by atoms with Gasteiger partial charge in [0, 0.05) is 6.61 Å². The van der Waals surface area contributed by atoms with Gasteiger partial charge in [-0.25, -0.2) is 0 Å². The molecule has 0 rings (SSSR count). The van der Waals surface area contributed by atoms with E-state index in [-0.39, 0.29) is 18.1 Å². The van der Waals surface area contributed by atoms with E-state index in [1.54, 1.807) is 0 Å². The van der Waals surface area contributed by atoms with Gasteiger partial charge in [0.15, 0.2) is 0 Å². The van der Waals surface area contributed by atoms with Crippen LogP contribution in [0, 0.1) is 11.3 Å². The summed E-state index contributed by atoms with van der Waals surface area (Å²) in [6.45, 7) is 8.37. The Kier molecular flexibility index (Phi) is 4.80. The van der Waals surface area contributed by atoms with Crippen LogP contribution in [0.4, 0.5) is 0 Å². The summed E-state index contributed by atoms with van der Waals surface area (Å²) in [4.78, 5) is 0. The summed E-state index contributed by atoms with van der Waals surface area (Å²) < 4.78 is 0. The second kappa shape index (κ2) is 4.83. The Morgan fingerprint density at radius 3 is 2.08 bits per heavy atom. The number of hydrogen-bond acceptors (Lipinski definition) is 2. The molecule has 0 spiro atoms. The van der Waals surface area contributed by atoms with Gasteiger partial charge < -0.3 is 10.2 Å². The Bertz CT molecular complexity index is 115. The Balaban J connectivity index is 3.76. The molecule has 0 heterocycles. The van der Waals surface area contributed by atoms with Crippen LogP contribution in [0.3, 0.4) is 0 Å². The number of aliphatic hydroxyl groups excluding tert-OH is 2. The Morgan fingerprint density at radius 1 is 1.25 bits per heavy atom. The van der Waals surface area contributed by atoms with Crippen LogP contribution in [0.15, 0.2) is 0 Å². The van der Waals surface area contributed by atoms with E-state index < -0.39 is 0 Å². The first-order valence-corrected chi connectivity index (χ1v) is 4.67. The molecule has 0 fully saturated rings. The van der Waals surface area contributed by atoms with Gasteiger partial charge in [-0.3, -0.25) is 0 Å². The van der Waals surface area contributed by atoms with Crippen molar-refractivity contribution < 1.29 is 10.2 Å². The molecule has 0 radical (unpaired) electrons. The number of aliphatic hydroxyl groups is 2. The normalized spacial score (nSPS) is 17.5. The van der Waals surface area contributed by atoms with E-state index in [0.29, 0.717) is 5.92 Å². The molecule has 2 N–H and O–H groups in total. The van der Waals surface area contributed by atoms with Gasteiger partial charge in [-0.15, -0.1) is 0 Å². The highest BCUT2D eigenvalue weighted by Crippen LogP contribution is 2.25. The summed E-state index contributed by atoms with van der Waals surface area (Å²) in [7, 11) is 0. The van der Waals surface area contributed by atoms with E-state index in [0.717, 1.165) is 12.8 Å². The Labute approximate surface area is 75.6 Å². The third kappa shape index (κ3) is 4.73. The minimum absolute atomic E-state index is 0.0380. The highest BCUT2D eigenvalue weighted by atomic mass is 16.3. The quantitative estimate of drug-likeness (QED) is 0.682. The molecule has 0 aliphatic heterocycles. The summed E-state index contributed by atoms with van der Waals surface area (Å²) in [5.74, 6) is 0.407. The largest absolute Gasteiger partial charge is 0.396 e. The maximum atomic E-state index is 9.70. The molecule has 2 atom stereocenters. The SMILES string of the molecule is CC(CCO)CC(O)C(C)(C)C. The van der Waals surface area contributed by atoms with Gasteiger partial charge in [0.25, 0.3) is 0 Å². The van der Waals surface area contributed by atoms with Crippen LogP contribution in [0.25, 0.3) is 0 Å². The van der Waals surface area contributed by atoms with Crippen LogP contribution in [-0.2, 0) is 0 Å². The zero-order valence-corrected chi connectivity index (χ0v) is 8.67. The van der Waals surface area contributed by atoms with E-state index >= 15 is 0 Å². The van der Waals surface area contributed by atoms with Crippen LogP contribution in [-0.4, -0.2) is 22.9 Å². The number of rotatable bonds is 4. The average molecular weight is 174 g/mol. The standard InChI is InChI=1S/C10H22O2/c1-8(5-6-11)7-9(12)10(2,3)4/h8-9,11-12H,5-7H2,1-4H3. The molecule has 0 amide bonds. The first kappa shape index (κ1) is 11.9. The Hall–Kier alpha value is -0.0800. The molecule has 0 saturated heterocycles. The van der Waals surface area contributed by atoms with Crippen molar-refractivity contribution in [2.45, 2.75) is 46.6 Å². The fourth-order valence-electron chi connectivity index (χ4n) is 1.07. The molecule has 12 heavy (non-hydrogen) atoms. The maximum Gasteiger partial charge on any atom is 0.0591 e. The van der Waals surface area contributed by atoms with Crippen molar-refractivity contribution in [1.82, 2.24) is 0 Å². The highest BCUT2D eigenvalue weighted by Gasteiger charge is 2.23. The van der Waals surface area contributed by atoms with Gasteiger partial charge in [0.05, 0.1) is 6.10 Å². The van der Waals surface area contributed by atoms with Gasteiger partial charge in [-0.2, -0.15) is 0 Å². The second-order valence-electron chi connectivity index (χ2n) is 4.73. The predicted molar refractivity (Wildman–Crippen MR) is 50.9 cm³/mol. The van der Waals surface area contributed by atoms with Crippen molar-refractivity contribution in [1.29, 1.82) is 0 Å². The van der Waals surface area contributed by atoms with Crippen LogP contribution in [0.1, 0.15) is 40.5 Å². The Morgan fingerprint density at radius 2 is 1.75 bits per heavy atom. The molecule has 0 aliphatic carbocycles. The fraction of sp³-hybridized carbons (Fsp3) is 1.00. The monoisotopic (exact) mass is 174 g/mol. The summed E-state index contributed by atoms with van der Waals surface area (Å²) in [6, 6.07) is 0. The summed E-state index contributed by atoms with van der Waals surface area (Å²) >= 11 is 0. The van der Waals surface area contributed by atoms with E-state index in [9.17, 15) is 5.11 Å².